The quantitative estimate of drug-likeness (QED) is 0.604. The van der Waals surface area contributed by atoms with Crippen molar-refractivity contribution in [2.75, 3.05) is 45.5 Å². The van der Waals surface area contributed by atoms with E-state index in [-0.39, 0.29) is 6.54 Å². The Bertz CT molecular complexity index is 417. The van der Waals surface area contributed by atoms with Crippen molar-refractivity contribution in [1.82, 2.24) is 15.1 Å². The lowest BCUT2D eigenvalue weighted by Gasteiger charge is -2.34. The molecule has 0 aromatic carbocycles. The predicted molar refractivity (Wildman–Crippen MR) is 87.8 cm³/mol. The number of thioether (sulfide) groups is 1. The summed E-state index contributed by atoms with van der Waals surface area (Å²) < 4.78 is 36.9. The number of aliphatic imine (C=N–C) groups is 1. The number of rotatable bonds is 5. The monoisotopic (exact) mass is 354 g/mol. The van der Waals surface area contributed by atoms with Gasteiger partial charge in [-0.2, -0.15) is 24.9 Å². The van der Waals surface area contributed by atoms with E-state index >= 15 is 0 Å². The van der Waals surface area contributed by atoms with Crippen LogP contribution in [0.4, 0.5) is 13.2 Å². The number of nitrogens with one attached hydrogen (secondary N) is 1. The average molecular weight is 354 g/mol. The highest BCUT2D eigenvalue weighted by atomic mass is 32.2. The first-order valence-corrected chi connectivity index (χ1v) is 8.77. The maximum Gasteiger partial charge on any atom is 0.406 e. The number of carbonyl (C=O) groups excluding carboxylic acids is 1. The summed E-state index contributed by atoms with van der Waals surface area (Å²) in [7, 11) is 1.14. The van der Waals surface area contributed by atoms with Crippen LogP contribution in [-0.2, 0) is 4.79 Å². The summed E-state index contributed by atoms with van der Waals surface area (Å²) in [5.74, 6) is 0.932. The number of alkyl halides is 3. The van der Waals surface area contributed by atoms with Gasteiger partial charge < -0.3 is 15.1 Å². The molecule has 1 aliphatic heterocycles. The number of carbonyl (C=O) groups is 1. The Hall–Kier alpha value is -1.12. The largest absolute Gasteiger partial charge is 0.406 e. The Morgan fingerprint density at radius 2 is 2.13 bits per heavy atom. The van der Waals surface area contributed by atoms with E-state index in [2.05, 4.69) is 22.1 Å². The molecule has 0 saturated carbocycles. The normalized spacial score (nSPS) is 19.7. The number of likely N-dealkylation sites (N-methyl/N-ethyl adjacent to an activating group) is 1. The number of hydrogen-bond acceptors (Lipinski definition) is 3. The van der Waals surface area contributed by atoms with E-state index in [9.17, 15) is 18.0 Å². The minimum Gasteiger partial charge on any atom is -0.357 e. The molecule has 1 aliphatic rings. The molecular weight excluding hydrogens is 329 g/mol. The molecule has 1 atom stereocenters. The smallest absolute Gasteiger partial charge is 0.357 e. The highest BCUT2D eigenvalue weighted by Crippen LogP contribution is 2.21. The molecule has 23 heavy (non-hydrogen) atoms. The van der Waals surface area contributed by atoms with E-state index in [1.807, 2.05) is 18.7 Å². The third-order valence-corrected chi connectivity index (χ3v) is 4.81. The van der Waals surface area contributed by atoms with Gasteiger partial charge >= 0.3 is 6.18 Å². The molecule has 1 rings (SSSR count). The molecule has 0 aromatic rings. The molecule has 1 amide bonds. The van der Waals surface area contributed by atoms with Gasteiger partial charge in [0, 0.05) is 37.7 Å². The van der Waals surface area contributed by atoms with Crippen LogP contribution in [0.15, 0.2) is 4.99 Å². The van der Waals surface area contributed by atoms with Crippen LogP contribution in [0.1, 0.15) is 20.3 Å². The zero-order chi connectivity index (χ0) is 17.5. The molecule has 134 valence electrons. The lowest BCUT2D eigenvalue weighted by atomic mass is 10.3. The van der Waals surface area contributed by atoms with Crippen LogP contribution in [-0.4, -0.2) is 78.6 Å². The van der Waals surface area contributed by atoms with Crippen molar-refractivity contribution in [1.29, 1.82) is 0 Å². The van der Waals surface area contributed by atoms with Crippen LogP contribution in [0.2, 0.25) is 0 Å². The molecule has 1 fully saturated rings. The molecule has 1 saturated heterocycles. The number of guanidine groups is 1. The number of amides is 1. The predicted octanol–water partition coefficient (Wildman–Crippen LogP) is 1.80. The zero-order valence-corrected chi connectivity index (χ0v) is 14.6. The highest BCUT2D eigenvalue weighted by Gasteiger charge is 2.31. The summed E-state index contributed by atoms with van der Waals surface area (Å²) in [5.41, 5.74) is 0. The van der Waals surface area contributed by atoms with E-state index in [1.165, 1.54) is 0 Å². The molecule has 0 spiro atoms. The molecule has 1 unspecified atom stereocenters. The third-order valence-electron chi connectivity index (χ3n) is 3.43. The fraction of sp³-hybridized carbons (Fsp3) is 0.857. The van der Waals surface area contributed by atoms with Gasteiger partial charge in [0.1, 0.15) is 13.1 Å². The Morgan fingerprint density at radius 3 is 2.70 bits per heavy atom. The molecule has 0 aliphatic carbocycles. The van der Waals surface area contributed by atoms with Gasteiger partial charge in [-0.1, -0.05) is 6.92 Å². The summed E-state index contributed by atoms with van der Waals surface area (Å²) >= 11 is 1.91. The first-order valence-electron chi connectivity index (χ1n) is 7.72. The second-order valence-corrected chi connectivity index (χ2v) is 6.79. The van der Waals surface area contributed by atoms with E-state index < -0.39 is 18.6 Å². The van der Waals surface area contributed by atoms with E-state index in [4.69, 9.17) is 0 Å². The van der Waals surface area contributed by atoms with Crippen molar-refractivity contribution in [3.63, 3.8) is 0 Å². The molecule has 0 radical (unpaired) electrons. The van der Waals surface area contributed by atoms with Crippen molar-refractivity contribution in [3.05, 3.63) is 0 Å². The van der Waals surface area contributed by atoms with E-state index in [0.29, 0.717) is 22.7 Å². The second kappa shape index (κ2) is 9.24. The Labute approximate surface area is 139 Å². The molecule has 5 nitrogen and oxygen atoms in total. The summed E-state index contributed by atoms with van der Waals surface area (Å²) in [6.45, 7) is 4.81. The van der Waals surface area contributed by atoms with Crippen molar-refractivity contribution < 1.29 is 18.0 Å². The molecule has 0 bridgehead atoms. The van der Waals surface area contributed by atoms with Crippen LogP contribution in [0.5, 0.6) is 0 Å². The van der Waals surface area contributed by atoms with Gasteiger partial charge in [0.25, 0.3) is 0 Å². The molecule has 9 heteroatoms. The fourth-order valence-electron chi connectivity index (χ4n) is 2.20. The SMILES string of the molecule is CCNC(=NCC(=O)N(C)CC(F)(F)F)N1CCSC(CC)C1. The Kier molecular flexibility index (Phi) is 8.01. The lowest BCUT2D eigenvalue weighted by Crippen LogP contribution is -2.48. The molecule has 0 aromatic heterocycles. The van der Waals surface area contributed by atoms with Crippen molar-refractivity contribution in [2.24, 2.45) is 4.99 Å². The summed E-state index contributed by atoms with van der Waals surface area (Å²) in [6.07, 6.45) is -3.34. The first-order chi connectivity index (χ1) is 10.8. The number of nitrogens with zero attached hydrogens (tertiary/aromatic N) is 3. The van der Waals surface area contributed by atoms with Gasteiger partial charge in [-0.25, -0.2) is 4.99 Å². The van der Waals surface area contributed by atoms with Crippen LogP contribution >= 0.6 is 11.8 Å². The van der Waals surface area contributed by atoms with Crippen molar-refractivity contribution >= 4 is 23.6 Å². The molecular formula is C14H25F3N4OS. The average Bonchev–Trinajstić information content (AvgIpc) is 2.49. The maximum atomic E-state index is 12.3. The van der Waals surface area contributed by atoms with Crippen LogP contribution < -0.4 is 5.32 Å². The Morgan fingerprint density at radius 1 is 1.43 bits per heavy atom. The zero-order valence-electron chi connectivity index (χ0n) is 13.8. The fourth-order valence-corrected chi connectivity index (χ4v) is 3.39. The van der Waals surface area contributed by atoms with E-state index in [0.717, 1.165) is 32.3 Å². The van der Waals surface area contributed by atoms with Crippen LogP contribution in [0, 0.1) is 0 Å². The minimum atomic E-state index is -4.39. The topological polar surface area (TPSA) is 47.9 Å². The summed E-state index contributed by atoms with van der Waals surface area (Å²) in [5, 5.41) is 3.62. The van der Waals surface area contributed by atoms with Crippen LogP contribution in [0.3, 0.4) is 0 Å². The van der Waals surface area contributed by atoms with Gasteiger partial charge in [0.2, 0.25) is 5.91 Å². The lowest BCUT2D eigenvalue weighted by molar-refractivity contribution is -0.157. The van der Waals surface area contributed by atoms with Gasteiger partial charge in [-0.05, 0) is 13.3 Å². The summed E-state index contributed by atoms with van der Waals surface area (Å²) in [6, 6.07) is 0. The standard InChI is InChI=1S/C14H25F3N4OS/c1-4-11-9-21(6-7-23-11)13(18-5-2)19-8-12(22)20(3)10-14(15,16)17/h11H,4-10H2,1-3H3,(H,18,19). The van der Waals surface area contributed by atoms with Gasteiger partial charge in [-0.15, -0.1) is 0 Å². The molecule has 1 heterocycles. The molecule has 1 N–H and O–H groups in total. The Balaban J connectivity index is 2.65. The second-order valence-electron chi connectivity index (χ2n) is 5.38. The van der Waals surface area contributed by atoms with Crippen molar-refractivity contribution in [3.8, 4) is 0 Å². The van der Waals surface area contributed by atoms with Crippen LogP contribution in [0.25, 0.3) is 0 Å². The maximum absolute atomic E-state index is 12.3. The van der Waals surface area contributed by atoms with Gasteiger partial charge in [-0.3, -0.25) is 4.79 Å². The van der Waals surface area contributed by atoms with Gasteiger partial charge in [0.15, 0.2) is 5.96 Å². The third kappa shape index (κ3) is 7.32. The number of halogens is 3. The van der Waals surface area contributed by atoms with Gasteiger partial charge in [0.05, 0.1) is 0 Å². The van der Waals surface area contributed by atoms with Crippen molar-refractivity contribution in [2.45, 2.75) is 31.7 Å². The summed E-state index contributed by atoms with van der Waals surface area (Å²) in [4.78, 5) is 18.8. The number of hydrogen-bond donors (Lipinski definition) is 1. The first kappa shape index (κ1) is 19.9. The highest BCUT2D eigenvalue weighted by molar-refractivity contribution is 8.00. The van der Waals surface area contributed by atoms with E-state index in [1.54, 1.807) is 0 Å². The minimum absolute atomic E-state index is 0.282.